The third-order valence-electron chi connectivity index (χ3n) is 6.13. The highest BCUT2D eigenvalue weighted by Gasteiger charge is 2.18. The van der Waals surface area contributed by atoms with Crippen molar-refractivity contribution in [2.75, 3.05) is 7.11 Å². The topological polar surface area (TPSA) is 72.3 Å². The number of aromatic nitrogens is 3. The van der Waals surface area contributed by atoms with Crippen molar-refractivity contribution in [3.8, 4) is 17.1 Å². The smallest absolute Gasteiger partial charge is 0.282 e. The lowest BCUT2D eigenvalue weighted by molar-refractivity contribution is 0.407. The average Bonchev–Trinajstić information content (AvgIpc) is 3.26. The van der Waals surface area contributed by atoms with Gasteiger partial charge in [0.2, 0.25) is 0 Å². The van der Waals surface area contributed by atoms with E-state index in [9.17, 15) is 4.79 Å². The summed E-state index contributed by atoms with van der Waals surface area (Å²) in [5, 5.41) is 6.21. The minimum Gasteiger partial charge on any atom is -0.496 e. The zero-order valence-corrected chi connectivity index (χ0v) is 19.7. The van der Waals surface area contributed by atoms with Gasteiger partial charge in [0.1, 0.15) is 5.75 Å². The van der Waals surface area contributed by atoms with E-state index >= 15 is 0 Å². The van der Waals surface area contributed by atoms with E-state index in [0.717, 1.165) is 38.9 Å². The van der Waals surface area contributed by atoms with Crippen LogP contribution < -0.4 is 10.3 Å². The second kappa shape index (κ2) is 8.63. The molecule has 34 heavy (non-hydrogen) atoms. The average molecular weight is 451 g/mol. The molecule has 0 amide bonds. The Labute approximate surface area is 197 Å². The Morgan fingerprint density at radius 1 is 1.06 bits per heavy atom. The quantitative estimate of drug-likeness (QED) is 0.341. The summed E-state index contributed by atoms with van der Waals surface area (Å²) >= 11 is 0. The highest BCUT2D eigenvalue weighted by molar-refractivity contribution is 5.99. The molecule has 0 saturated carbocycles. The van der Waals surface area contributed by atoms with Gasteiger partial charge >= 0.3 is 0 Å². The molecule has 6 heteroatoms. The van der Waals surface area contributed by atoms with Crippen LogP contribution in [0.25, 0.3) is 33.2 Å². The summed E-state index contributed by atoms with van der Waals surface area (Å²) in [5.41, 5.74) is 5.21. The molecule has 0 fully saturated rings. The number of H-pyrrole nitrogens is 1. The van der Waals surface area contributed by atoms with Crippen molar-refractivity contribution in [2.45, 2.75) is 26.7 Å². The van der Waals surface area contributed by atoms with Gasteiger partial charge in [-0.15, -0.1) is 0 Å². The lowest BCUT2D eigenvalue weighted by Crippen LogP contribution is -2.20. The molecule has 0 bridgehead atoms. The number of aromatic amines is 1. The van der Waals surface area contributed by atoms with Crippen molar-refractivity contribution in [2.24, 2.45) is 5.10 Å². The maximum Gasteiger partial charge on any atom is 0.282 e. The zero-order chi connectivity index (χ0) is 23.8. The number of hydrogen-bond donors (Lipinski definition) is 1. The molecule has 0 aliphatic carbocycles. The fourth-order valence-electron chi connectivity index (χ4n) is 4.29. The van der Waals surface area contributed by atoms with E-state index in [4.69, 9.17) is 9.72 Å². The summed E-state index contributed by atoms with van der Waals surface area (Å²) in [6, 6.07) is 19.4. The fraction of sp³-hybridized carbons (Fsp3) is 0.179. The standard InChI is InChI=1S/C28H26N4O2/c1-17(2)22-14-23(18(3)13-26(22)34-4)27-31-25-12-8-6-10-21(25)28(33)32(27)30-16-19-15-29-24-11-7-5-9-20(19)24/h5-17,29H,1-4H3. The molecule has 2 heterocycles. The molecule has 0 radical (unpaired) electrons. The number of aryl methyl sites for hydroxylation is 1. The first kappa shape index (κ1) is 21.6. The van der Waals surface area contributed by atoms with Gasteiger partial charge in [-0.25, -0.2) is 4.98 Å². The molecular weight excluding hydrogens is 424 g/mol. The van der Waals surface area contributed by atoms with Crippen LogP contribution in [0.3, 0.4) is 0 Å². The molecule has 5 rings (SSSR count). The second-order valence-corrected chi connectivity index (χ2v) is 8.67. The first-order chi connectivity index (χ1) is 16.5. The van der Waals surface area contributed by atoms with Crippen LogP contribution in [0.15, 0.2) is 76.8 Å². The van der Waals surface area contributed by atoms with E-state index < -0.39 is 0 Å². The number of nitrogens with one attached hydrogen (secondary N) is 1. The summed E-state index contributed by atoms with van der Waals surface area (Å²) in [6.45, 7) is 6.23. The van der Waals surface area contributed by atoms with Gasteiger partial charge in [-0.1, -0.05) is 44.2 Å². The molecule has 0 aliphatic rings. The van der Waals surface area contributed by atoms with Gasteiger partial charge in [0.15, 0.2) is 5.82 Å². The Balaban J connectivity index is 1.76. The predicted molar refractivity (Wildman–Crippen MR) is 138 cm³/mol. The predicted octanol–water partition coefficient (Wildman–Crippen LogP) is 5.87. The van der Waals surface area contributed by atoms with Crippen molar-refractivity contribution in [1.82, 2.24) is 14.6 Å². The van der Waals surface area contributed by atoms with Gasteiger partial charge in [-0.05, 0) is 54.3 Å². The molecule has 170 valence electrons. The molecule has 0 aliphatic heterocycles. The van der Waals surface area contributed by atoms with E-state index in [1.165, 1.54) is 4.68 Å². The van der Waals surface area contributed by atoms with Crippen molar-refractivity contribution in [3.63, 3.8) is 0 Å². The van der Waals surface area contributed by atoms with Crippen LogP contribution in [0.4, 0.5) is 0 Å². The van der Waals surface area contributed by atoms with Crippen LogP contribution >= 0.6 is 0 Å². The van der Waals surface area contributed by atoms with E-state index in [1.807, 2.05) is 61.7 Å². The Bertz CT molecular complexity index is 1610. The molecule has 3 aromatic carbocycles. The minimum atomic E-state index is -0.210. The normalized spacial score (nSPS) is 11.8. The summed E-state index contributed by atoms with van der Waals surface area (Å²) in [4.78, 5) is 21.7. The van der Waals surface area contributed by atoms with Crippen molar-refractivity contribution in [3.05, 3.63) is 93.9 Å². The number of para-hydroxylation sites is 2. The number of fused-ring (bicyclic) bond motifs is 2. The lowest BCUT2D eigenvalue weighted by atomic mass is 9.96. The molecular formula is C28H26N4O2. The molecule has 0 atom stereocenters. The van der Waals surface area contributed by atoms with Crippen molar-refractivity contribution in [1.29, 1.82) is 0 Å². The van der Waals surface area contributed by atoms with Gasteiger partial charge in [-0.2, -0.15) is 9.78 Å². The Morgan fingerprint density at radius 2 is 1.79 bits per heavy atom. The zero-order valence-electron chi connectivity index (χ0n) is 19.7. The molecule has 0 unspecified atom stereocenters. The molecule has 2 aromatic heterocycles. The van der Waals surface area contributed by atoms with Crippen LogP contribution in [0.1, 0.15) is 36.5 Å². The molecule has 0 spiro atoms. The van der Waals surface area contributed by atoms with Crippen LogP contribution in [0, 0.1) is 6.92 Å². The number of rotatable bonds is 5. The number of nitrogens with zero attached hydrogens (tertiary/aromatic N) is 3. The summed E-state index contributed by atoms with van der Waals surface area (Å²) < 4.78 is 7.02. The van der Waals surface area contributed by atoms with Gasteiger partial charge in [0.05, 0.1) is 24.2 Å². The largest absolute Gasteiger partial charge is 0.496 e. The Kier molecular flexibility index (Phi) is 5.49. The number of ether oxygens (including phenoxy) is 1. The maximum atomic E-state index is 13.6. The lowest BCUT2D eigenvalue weighted by Gasteiger charge is -2.17. The number of hydrogen-bond acceptors (Lipinski definition) is 4. The summed E-state index contributed by atoms with van der Waals surface area (Å²) in [7, 11) is 1.68. The Hall–Kier alpha value is -4.19. The van der Waals surface area contributed by atoms with E-state index in [1.54, 1.807) is 19.4 Å². The second-order valence-electron chi connectivity index (χ2n) is 8.67. The maximum absolute atomic E-state index is 13.6. The van der Waals surface area contributed by atoms with Crippen molar-refractivity contribution < 1.29 is 4.74 Å². The number of benzene rings is 3. The SMILES string of the molecule is COc1cc(C)c(-c2nc3ccccc3c(=O)n2N=Cc2c[nH]c3ccccc23)cc1C(C)C. The van der Waals surface area contributed by atoms with Gasteiger partial charge < -0.3 is 9.72 Å². The monoisotopic (exact) mass is 450 g/mol. The van der Waals surface area contributed by atoms with E-state index in [2.05, 4.69) is 30.0 Å². The van der Waals surface area contributed by atoms with Crippen molar-refractivity contribution >= 4 is 28.0 Å². The van der Waals surface area contributed by atoms with Crippen LogP contribution in [-0.4, -0.2) is 28.0 Å². The third-order valence-corrected chi connectivity index (χ3v) is 6.13. The van der Waals surface area contributed by atoms with E-state index in [-0.39, 0.29) is 11.5 Å². The van der Waals surface area contributed by atoms with Crippen LogP contribution in [0.2, 0.25) is 0 Å². The molecule has 6 nitrogen and oxygen atoms in total. The van der Waals surface area contributed by atoms with Crippen LogP contribution in [-0.2, 0) is 0 Å². The highest BCUT2D eigenvalue weighted by Crippen LogP contribution is 2.34. The number of methoxy groups -OCH3 is 1. The third kappa shape index (κ3) is 3.67. The van der Waals surface area contributed by atoms with Gasteiger partial charge in [-0.3, -0.25) is 4.79 Å². The van der Waals surface area contributed by atoms with Crippen LogP contribution in [0.5, 0.6) is 5.75 Å². The van der Waals surface area contributed by atoms with E-state index in [0.29, 0.717) is 16.7 Å². The first-order valence-electron chi connectivity index (χ1n) is 11.3. The van der Waals surface area contributed by atoms with Gasteiger partial charge in [0.25, 0.3) is 5.56 Å². The van der Waals surface area contributed by atoms with Gasteiger partial charge in [0, 0.05) is 28.2 Å². The Morgan fingerprint density at radius 3 is 2.56 bits per heavy atom. The fourth-order valence-corrected chi connectivity index (χ4v) is 4.29. The highest BCUT2D eigenvalue weighted by atomic mass is 16.5. The molecule has 0 saturated heterocycles. The first-order valence-corrected chi connectivity index (χ1v) is 11.3. The summed E-state index contributed by atoms with van der Waals surface area (Å²) in [6.07, 6.45) is 3.60. The summed E-state index contributed by atoms with van der Waals surface area (Å²) in [5.74, 6) is 1.57. The molecule has 1 N–H and O–H groups in total. The minimum absolute atomic E-state index is 0.210. The molecule has 5 aromatic rings.